The summed E-state index contributed by atoms with van der Waals surface area (Å²) in [4.78, 5) is 15.9. The molecule has 3 rings (SSSR count). The minimum atomic E-state index is -4.55. The fourth-order valence-corrected chi connectivity index (χ4v) is 3.10. The maximum Gasteiger partial charge on any atom is 0.418 e. The Labute approximate surface area is 140 Å². The van der Waals surface area contributed by atoms with Crippen LogP contribution in [0.25, 0.3) is 21.1 Å². The Hall–Kier alpha value is -1.68. The number of alkyl halides is 4. The van der Waals surface area contributed by atoms with Crippen LogP contribution in [0.4, 0.5) is 18.3 Å². The second kappa shape index (κ2) is 5.17. The molecule has 1 amide bonds. The third-order valence-corrected chi connectivity index (χ3v) is 4.51. The summed E-state index contributed by atoms with van der Waals surface area (Å²) in [6.07, 6.45) is -3.11. The molecule has 0 unspecified atom stereocenters. The van der Waals surface area contributed by atoms with Crippen LogP contribution in [-0.2, 0) is 11.0 Å². The number of nitrogens with zero attached hydrogens (tertiary/aromatic N) is 2. The molecule has 0 radical (unpaired) electrons. The van der Waals surface area contributed by atoms with Crippen molar-refractivity contribution < 1.29 is 18.0 Å². The van der Waals surface area contributed by atoms with E-state index in [2.05, 4.69) is 36.4 Å². The van der Waals surface area contributed by atoms with Crippen LogP contribution in [0.15, 0.2) is 12.3 Å². The van der Waals surface area contributed by atoms with E-state index >= 15 is 0 Å². The average molecular weight is 407 g/mol. The van der Waals surface area contributed by atoms with Crippen molar-refractivity contribution in [1.82, 2.24) is 15.2 Å². The molecule has 3 aromatic rings. The highest BCUT2D eigenvalue weighted by atomic mass is 79.9. The van der Waals surface area contributed by atoms with E-state index in [0.717, 1.165) is 17.4 Å². The molecule has 122 valence electrons. The molecule has 10 heteroatoms. The van der Waals surface area contributed by atoms with Crippen LogP contribution in [0.3, 0.4) is 0 Å². The standard InChI is InChI=1S/C13H10BrF3N4OS/c1-12(2,14)10(22)20-11-19-8-6(13(15,16)17)3-7-5(4-18-21-7)9(8)23-11/h3-4H,1-2H3,(H,18,21)(H,19,20,22). The third-order valence-electron chi connectivity index (χ3n) is 3.15. The number of hydrogen-bond acceptors (Lipinski definition) is 4. The first kappa shape index (κ1) is 16.2. The molecule has 0 bridgehead atoms. The van der Waals surface area contributed by atoms with Gasteiger partial charge in [-0.05, 0) is 19.9 Å². The van der Waals surface area contributed by atoms with E-state index in [1.54, 1.807) is 13.8 Å². The molecule has 0 saturated carbocycles. The number of benzene rings is 1. The summed E-state index contributed by atoms with van der Waals surface area (Å²) in [5.74, 6) is -0.395. The molecule has 2 heterocycles. The summed E-state index contributed by atoms with van der Waals surface area (Å²) < 4.78 is 39.2. The number of hydrogen-bond donors (Lipinski definition) is 2. The van der Waals surface area contributed by atoms with Crippen molar-refractivity contribution in [1.29, 1.82) is 0 Å². The first-order valence-corrected chi connectivity index (χ1v) is 8.02. The van der Waals surface area contributed by atoms with E-state index in [9.17, 15) is 18.0 Å². The number of fused-ring (bicyclic) bond motifs is 3. The quantitative estimate of drug-likeness (QED) is 0.623. The average Bonchev–Trinajstić information content (AvgIpc) is 2.99. The summed E-state index contributed by atoms with van der Waals surface area (Å²) in [7, 11) is 0. The predicted molar refractivity (Wildman–Crippen MR) is 85.9 cm³/mol. The molecule has 0 fully saturated rings. The zero-order valence-electron chi connectivity index (χ0n) is 11.9. The lowest BCUT2D eigenvalue weighted by molar-refractivity contribution is -0.136. The number of halogens is 4. The first-order chi connectivity index (χ1) is 10.6. The molecular formula is C13H10BrF3N4OS. The second-order valence-corrected chi connectivity index (χ2v) is 8.36. The van der Waals surface area contributed by atoms with E-state index in [4.69, 9.17) is 0 Å². The Morgan fingerprint density at radius 2 is 2.09 bits per heavy atom. The Morgan fingerprint density at radius 3 is 2.70 bits per heavy atom. The van der Waals surface area contributed by atoms with E-state index in [1.165, 1.54) is 6.20 Å². The van der Waals surface area contributed by atoms with Gasteiger partial charge in [0.15, 0.2) is 5.13 Å². The molecule has 2 N–H and O–H groups in total. The smallest absolute Gasteiger partial charge is 0.301 e. The molecule has 23 heavy (non-hydrogen) atoms. The van der Waals surface area contributed by atoms with E-state index in [0.29, 0.717) is 10.1 Å². The largest absolute Gasteiger partial charge is 0.418 e. The van der Waals surface area contributed by atoms with Gasteiger partial charge in [0.05, 0.1) is 31.8 Å². The molecule has 0 aliphatic rings. The van der Waals surface area contributed by atoms with E-state index < -0.39 is 22.0 Å². The van der Waals surface area contributed by atoms with Crippen LogP contribution in [-0.4, -0.2) is 25.4 Å². The van der Waals surface area contributed by atoms with Gasteiger partial charge in [0, 0.05) is 5.39 Å². The molecule has 1 aromatic carbocycles. The lowest BCUT2D eigenvalue weighted by Gasteiger charge is -2.13. The minimum Gasteiger partial charge on any atom is -0.301 e. The molecule has 5 nitrogen and oxygen atoms in total. The number of nitrogens with one attached hydrogen (secondary N) is 2. The maximum atomic E-state index is 13.2. The van der Waals surface area contributed by atoms with Crippen molar-refractivity contribution in [3.8, 4) is 0 Å². The summed E-state index contributed by atoms with van der Waals surface area (Å²) in [6, 6.07) is 0.977. The van der Waals surface area contributed by atoms with Gasteiger partial charge in [0.2, 0.25) is 5.91 Å². The van der Waals surface area contributed by atoms with Crippen molar-refractivity contribution >= 4 is 59.4 Å². The normalized spacial score (nSPS) is 13.0. The van der Waals surface area contributed by atoms with Crippen LogP contribution < -0.4 is 5.32 Å². The number of rotatable bonds is 2. The maximum absolute atomic E-state index is 13.2. The number of thiazole rings is 1. The summed E-state index contributed by atoms with van der Waals surface area (Å²) in [6.45, 7) is 3.26. The minimum absolute atomic E-state index is 0.108. The third kappa shape index (κ3) is 2.92. The van der Waals surface area contributed by atoms with Gasteiger partial charge in [-0.3, -0.25) is 9.89 Å². The number of carbonyl (C=O) groups is 1. The van der Waals surface area contributed by atoms with E-state index in [-0.39, 0.29) is 16.2 Å². The molecular weight excluding hydrogens is 397 g/mol. The van der Waals surface area contributed by atoms with Crippen LogP contribution in [0.5, 0.6) is 0 Å². The lowest BCUT2D eigenvalue weighted by Crippen LogP contribution is -2.30. The van der Waals surface area contributed by atoms with Crippen LogP contribution in [0.2, 0.25) is 0 Å². The van der Waals surface area contributed by atoms with Gasteiger partial charge < -0.3 is 5.32 Å². The monoisotopic (exact) mass is 406 g/mol. The topological polar surface area (TPSA) is 70.7 Å². The first-order valence-electron chi connectivity index (χ1n) is 6.41. The van der Waals surface area contributed by atoms with Gasteiger partial charge in [0.25, 0.3) is 0 Å². The van der Waals surface area contributed by atoms with Crippen molar-refractivity contribution in [2.45, 2.75) is 24.3 Å². The van der Waals surface area contributed by atoms with Gasteiger partial charge in [-0.25, -0.2) is 4.98 Å². The number of amides is 1. The summed E-state index contributed by atoms with van der Waals surface area (Å²) in [5, 5.41) is 9.48. The highest BCUT2D eigenvalue weighted by Gasteiger charge is 2.35. The Bertz CT molecular complexity index is 910. The van der Waals surface area contributed by atoms with Crippen molar-refractivity contribution in [2.75, 3.05) is 5.32 Å². The van der Waals surface area contributed by atoms with E-state index in [1.807, 2.05) is 0 Å². The van der Waals surface area contributed by atoms with Gasteiger partial charge >= 0.3 is 6.18 Å². The zero-order chi connectivity index (χ0) is 17.0. The van der Waals surface area contributed by atoms with Crippen molar-refractivity contribution in [3.63, 3.8) is 0 Å². The van der Waals surface area contributed by atoms with Crippen LogP contribution >= 0.6 is 27.3 Å². The molecule has 0 saturated heterocycles. The predicted octanol–water partition coefficient (Wildman–Crippen LogP) is 4.30. The van der Waals surface area contributed by atoms with Gasteiger partial charge in [0.1, 0.15) is 0 Å². The summed E-state index contributed by atoms with van der Waals surface area (Å²) in [5.41, 5.74) is -0.787. The fourth-order valence-electron chi connectivity index (χ4n) is 2.00. The van der Waals surface area contributed by atoms with Crippen LogP contribution in [0, 0.1) is 0 Å². The number of anilines is 1. The lowest BCUT2D eigenvalue weighted by atomic mass is 10.1. The number of aromatic amines is 1. The molecule has 0 aliphatic heterocycles. The Balaban J connectivity index is 2.19. The molecule has 2 aromatic heterocycles. The Kier molecular flexibility index (Phi) is 3.64. The summed E-state index contributed by atoms with van der Waals surface area (Å²) >= 11 is 4.18. The van der Waals surface area contributed by atoms with Gasteiger partial charge in [-0.2, -0.15) is 18.3 Å². The van der Waals surface area contributed by atoms with Gasteiger partial charge in [-0.1, -0.05) is 27.3 Å². The van der Waals surface area contributed by atoms with Crippen molar-refractivity contribution in [2.24, 2.45) is 0 Å². The van der Waals surface area contributed by atoms with Crippen LogP contribution in [0.1, 0.15) is 19.4 Å². The number of carbonyl (C=O) groups excluding carboxylic acids is 1. The SMILES string of the molecule is CC(C)(Br)C(=O)Nc1nc2c(C(F)(F)F)cc3[nH]ncc3c2s1. The fraction of sp³-hybridized carbons (Fsp3) is 0.308. The van der Waals surface area contributed by atoms with Crippen molar-refractivity contribution in [3.05, 3.63) is 17.8 Å². The second-order valence-electron chi connectivity index (χ2n) is 5.38. The highest BCUT2D eigenvalue weighted by Crippen LogP contribution is 2.41. The molecule has 0 atom stereocenters. The Morgan fingerprint density at radius 1 is 1.39 bits per heavy atom. The highest BCUT2D eigenvalue weighted by molar-refractivity contribution is 9.10. The van der Waals surface area contributed by atoms with Gasteiger partial charge in [-0.15, -0.1) is 0 Å². The number of aromatic nitrogens is 3. The number of H-pyrrole nitrogens is 1. The molecule has 0 aliphatic carbocycles. The molecule has 0 spiro atoms. The zero-order valence-corrected chi connectivity index (χ0v) is 14.3.